The Kier molecular flexibility index (Phi) is 29.9. The third-order valence-electron chi connectivity index (χ3n) is 22.3. The SMILES string of the molecule is CC(CCC(=O)O)(C(N)=O)N1C(=O)c2cccc(N)c2C1=O.CC(CCC(=O)O)(C(N)=O)N1C(=O)c2cccc(N)c2C1=O.CC(CCC(=O)O)(C(N)=O)N1C(=O)c2cccc([N+](=O)[O-])c2C1=O.CC(CCC(=O)O)(C(N)=O)N1Cc2c(cccc2[N+](=O)[O-])C1=O.NC(=O)C(CCC(=O)O)N1Cc2c(Cl)cccc2C1=O.Nc1cccc2c1C(=O)N(C1CCC(=O)OC1=O)C2=O. The topological polar surface area (TPSA) is 800 Å². The second kappa shape index (κ2) is 39.4. The molecule has 15 amide bonds. The molecule has 6 atom stereocenters. The summed E-state index contributed by atoms with van der Waals surface area (Å²) in [6, 6.07) is 23.9. The number of nitrogen functional groups attached to an aromatic ring is 3. The third-order valence-corrected chi connectivity index (χ3v) is 22.7. The zero-order valence-electron chi connectivity index (χ0n) is 69.3. The standard InChI is InChI=1S/C14H13N3O7.C14H15N3O6.2C14H15N3O5.C13H13ClN2O4.C13H10N2O5/c1-14(13(15)22,6-5-9(18)19)16-11(20)7-3-2-4-8(17(23)24)10(7)12(16)21;1-14(13(15)21,6-5-11(18)19)16-7-9-8(12(16)20)3-2-4-10(9)17(22)23;2*1-14(13(16)22,6-5-9(18)19)17-11(20)7-3-2-4-8(15)10(7)12(17)21;14-9-3-1-2-7-8(9)6-16(13(7)20)10(12(15)19)4-5-11(17)18;14-7-3-1-2-6-10(7)12(18)15(11(6)17)8-4-5-9(16)20-13(8)19/h2-4H,5-6H2,1H3,(H2,15,22)(H,18,19);2-4H,5-7H2,1H3,(H2,15,21)(H,18,19);2*2-4H,5-6,15H2,1H3,(H2,16,22)(H,18,19);1-3,10H,4-6H2,(H2,15,19)(H,17,18);1-3,8H,4-5,14H2. The number of hydrogen-bond acceptors (Lipinski definition) is 30. The maximum atomic E-state index is 12.6. The van der Waals surface area contributed by atoms with Crippen molar-refractivity contribution >= 4 is 170 Å². The van der Waals surface area contributed by atoms with Gasteiger partial charge >= 0.3 is 41.8 Å². The number of nitrogens with zero attached hydrogens (tertiary/aromatic N) is 8. The van der Waals surface area contributed by atoms with E-state index >= 15 is 0 Å². The first-order valence-electron chi connectivity index (χ1n) is 38.6. The summed E-state index contributed by atoms with van der Waals surface area (Å²) in [5.41, 5.74) is 37.6. The number of primary amides is 5. The molecule has 1 fully saturated rings. The zero-order valence-corrected chi connectivity index (χ0v) is 70.0. The maximum Gasteiger partial charge on any atom is 0.337 e. The van der Waals surface area contributed by atoms with Gasteiger partial charge in [0, 0.05) is 90.4 Å². The van der Waals surface area contributed by atoms with Gasteiger partial charge in [0.25, 0.3) is 70.4 Å². The minimum Gasteiger partial charge on any atom is -0.481 e. The van der Waals surface area contributed by atoms with Gasteiger partial charge in [0.2, 0.25) is 29.5 Å². The minimum atomic E-state index is -1.92. The predicted octanol–water partition coefficient (Wildman–Crippen LogP) is 2.02. The van der Waals surface area contributed by atoms with Gasteiger partial charge in [-0.1, -0.05) is 48.0 Å². The normalized spacial score (nSPS) is 16.8. The van der Waals surface area contributed by atoms with Gasteiger partial charge in [-0.2, -0.15) is 0 Å². The number of cyclic esters (lactones) is 2. The lowest BCUT2D eigenvalue weighted by Crippen LogP contribution is -2.58. The van der Waals surface area contributed by atoms with E-state index in [1.807, 2.05) is 0 Å². The average Bonchev–Trinajstić information content (AvgIpc) is 1.59. The van der Waals surface area contributed by atoms with Crippen LogP contribution in [0.5, 0.6) is 0 Å². The predicted molar refractivity (Wildman–Crippen MR) is 444 cm³/mol. The van der Waals surface area contributed by atoms with Crippen LogP contribution in [0, 0.1) is 20.2 Å². The highest BCUT2D eigenvalue weighted by Crippen LogP contribution is 2.42. The summed E-state index contributed by atoms with van der Waals surface area (Å²) in [6.07, 6.45) is -3.03. The van der Waals surface area contributed by atoms with E-state index in [-0.39, 0.29) is 143 Å². The van der Waals surface area contributed by atoms with Crippen molar-refractivity contribution < 1.29 is 146 Å². The van der Waals surface area contributed by atoms with Crippen molar-refractivity contribution in [1.29, 1.82) is 0 Å². The zero-order chi connectivity index (χ0) is 98.2. The van der Waals surface area contributed by atoms with Gasteiger partial charge in [-0.15, -0.1) is 0 Å². The summed E-state index contributed by atoms with van der Waals surface area (Å²) in [4.78, 5) is 285. The summed E-state index contributed by atoms with van der Waals surface area (Å²) >= 11 is 6.02. The van der Waals surface area contributed by atoms with Crippen LogP contribution in [-0.4, -0.2) is 229 Å². The highest BCUT2D eigenvalue weighted by molar-refractivity contribution is 6.32. The molecule has 7 aliphatic heterocycles. The Hall–Kier alpha value is -16.9. The van der Waals surface area contributed by atoms with Gasteiger partial charge in [0.1, 0.15) is 39.8 Å². The quantitative estimate of drug-likeness (QED) is 0.00834. The molecule has 0 spiro atoms. The van der Waals surface area contributed by atoms with E-state index in [9.17, 15) is 126 Å². The first-order valence-corrected chi connectivity index (χ1v) is 39.0. The fraction of sp³-hybridized carbons (Fsp3) is 0.293. The molecule has 0 aliphatic carbocycles. The molecule has 6 unspecified atom stereocenters. The number of carboxylic acid groups (broad SMARTS) is 5. The molecular weight excluding hydrogens is 1760 g/mol. The fourth-order valence-corrected chi connectivity index (χ4v) is 15.1. The van der Waals surface area contributed by atoms with E-state index in [1.165, 1.54) is 105 Å². The number of carbonyl (C=O) groups excluding carboxylic acids is 17. The van der Waals surface area contributed by atoms with Crippen LogP contribution in [0.25, 0.3) is 0 Å². The number of nitro benzene ring substituents is 2. The van der Waals surface area contributed by atoms with Gasteiger partial charge in [0.05, 0.1) is 66.5 Å². The summed E-state index contributed by atoms with van der Waals surface area (Å²) in [5.74, 6) is -18.9. The van der Waals surface area contributed by atoms with Crippen molar-refractivity contribution in [2.24, 2.45) is 28.7 Å². The molecule has 0 bridgehead atoms. The molecular formula is C82H81ClN16O32. The van der Waals surface area contributed by atoms with Gasteiger partial charge in [0.15, 0.2) is 0 Å². The molecule has 1 saturated heterocycles. The number of aliphatic carboxylic acids is 5. The molecule has 131 heavy (non-hydrogen) atoms. The van der Waals surface area contributed by atoms with Gasteiger partial charge in [-0.05, 0) is 127 Å². The molecule has 688 valence electrons. The monoisotopic (exact) mass is 1840 g/mol. The molecule has 48 nitrogen and oxygen atoms in total. The number of fused-ring (bicyclic) bond motifs is 6. The van der Waals surface area contributed by atoms with Crippen LogP contribution in [0.4, 0.5) is 28.4 Å². The van der Waals surface area contributed by atoms with Crippen LogP contribution in [0.15, 0.2) is 109 Å². The Balaban J connectivity index is 0.000000194. The van der Waals surface area contributed by atoms with Crippen molar-refractivity contribution in [2.75, 3.05) is 17.2 Å². The van der Waals surface area contributed by atoms with Crippen LogP contribution >= 0.6 is 11.6 Å². The van der Waals surface area contributed by atoms with E-state index in [1.54, 1.807) is 24.3 Å². The molecule has 13 rings (SSSR count). The third kappa shape index (κ3) is 19.9. The molecule has 6 aromatic carbocycles. The number of carbonyl (C=O) groups is 22. The van der Waals surface area contributed by atoms with Crippen molar-refractivity contribution in [2.45, 2.75) is 152 Å². The summed E-state index contributed by atoms with van der Waals surface area (Å²) in [5, 5.41) is 66.5. The number of imide groups is 4. The second-order valence-electron chi connectivity index (χ2n) is 30.6. The Bertz CT molecular complexity index is 5880. The van der Waals surface area contributed by atoms with Crippen molar-refractivity contribution in [1.82, 2.24) is 29.4 Å². The van der Waals surface area contributed by atoms with E-state index in [4.69, 9.17) is 83.0 Å². The molecule has 7 heterocycles. The fourth-order valence-electron chi connectivity index (χ4n) is 14.8. The average molecular weight is 1840 g/mol. The van der Waals surface area contributed by atoms with Crippen molar-refractivity contribution in [3.8, 4) is 0 Å². The molecule has 6 aromatic rings. The van der Waals surface area contributed by atoms with E-state index < -0.39 is 206 Å². The largest absolute Gasteiger partial charge is 0.481 e. The summed E-state index contributed by atoms with van der Waals surface area (Å²) in [6.45, 7) is 5.08. The van der Waals surface area contributed by atoms with Crippen molar-refractivity contribution in [3.05, 3.63) is 201 Å². The number of benzene rings is 6. The maximum absolute atomic E-state index is 12.6. The van der Waals surface area contributed by atoms with Crippen LogP contribution in [0.2, 0.25) is 5.02 Å². The highest BCUT2D eigenvalue weighted by atomic mass is 35.5. The highest BCUT2D eigenvalue weighted by Gasteiger charge is 2.56. The van der Waals surface area contributed by atoms with E-state index in [0.29, 0.717) is 30.8 Å². The number of nitrogens with two attached hydrogens (primary N) is 8. The second-order valence-corrected chi connectivity index (χ2v) is 31.0. The number of ether oxygens (including phenoxy) is 1. The Labute approximate surface area is 741 Å². The molecule has 0 radical (unpaired) electrons. The Morgan fingerprint density at radius 1 is 0.420 bits per heavy atom. The molecule has 0 saturated carbocycles. The Morgan fingerprint density at radius 3 is 1.11 bits per heavy atom. The first kappa shape index (κ1) is 99.6. The number of esters is 2. The molecule has 7 aliphatic rings. The summed E-state index contributed by atoms with van der Waals surface area (Å²) in [7, 11) is 0. The number of nitro groups is 2. The first-order chi connectivity index (χ1) is 61.1. The lowest BCUT2D eigenvalue weighted by atomic mass is 9.92. The number of hydrogen-bond donors (Lipinski definition) is 13. The molecule has 49 heteroatoms. The number of carboxylic acids is 5. The number of amides is 15. The van der Waals surface area contributed by atoms with E-state index in [0.717, 1.165) is 22.8 Å². The minimum absolute atomic E-state index is 0.00954. The molecule has 21 N–H and O–H groups in total. The number of halogens is 1. The van der Waals surface area contributed by atoms with E-state index in [2.05, 4.69) is 4.74 Å². The van der Waals surface area contributed by atoms with Crippen LogP contribution in [0.1, 0.15) is 219 Å². The van der Waals surface area contributed by atoms with Crippen LogP contribution < -0.4 is 45.9 Å². The van der Waals surface area contributed by atoms with Crippen LogP contribution in [-0.2, 0) is 75.4 Å². The Morgan fingerprint density at radius 2 is 0.756 bits per heavy atom. The van der Waals surface area contributed by atoms with Crippen LogP contribution in [0.3, 0.4) is 0 Å². The lowest BCUT2D eigenvalue weighted by molar-refractivity contribution is -0.385. The van der Waals surface area contributed by atoms with Gasteiger partial charge < -0.3 is 85.9 Å². The van der Waals surface area contributed by atoms with Crippen molar-refractivity contribution in [3.63, 3.8) is 0 Å². The smallest absolute Gasteiger partial charge is 0.337 e. The molecule has 0 aromatic heterocycles. The van der Waals surface area contributed by atoms with Gasteiger partial charge in [-0.3, -0.25) is 141 Å². The lowest BCUT2D eigenvalue weighted by Gasteiger charge is -2.35. The number of rotatable bonds is 28. The summed E-state index contributed by atoms with van der Waals surface area (Å²) < 4.78 is 4.48. The van der Waals surface area contributed by atoms with Gasteiger partial charge in [-0.25, -0.2) is 4.79 Å². The number of anilines is 3.